The molecule has 40 heavy (non-hydrogen) atoms. The molecular formula is C32H24N2O6. The molecule has 198 valence electrons. The van der Waals surface area contributed by atoms with Crippen molar-refractivity contribution in [1.82, 2.24) is 9.97 Å². The fraction of sp³-hybridized carbons (Fsp3) is 0.125. The Balaban J connectivity index is 1.25. The minimum absolute atomic E-state index is 0.245. The molecule has 0 bridgehead atoms. The molecule has 6 rings (SSSR count). The van der Waals surface area contributed by atoms with E-state index in [1.54, 1.807) is 36.4 Å². The number of fused-ring (bicyclic) bond motifs is 2. The molecule has 0 aliphatic carbocycles. The standard InChI is InChI=1S/C32H24N2O6/c1-3-37-23-13-15-27-25(17-23)31(35)39-29(33-27)21-9-5-19(6-10-21)20-7-11-22(12-8-20)30-34-28-16-14-24(38-4-2)18-26(28)32(36)40-30/h5-18H,3-4H2,1-2H3. The van der Waals surface area contributed by atoms with Gasteiger partial charge in [0.2, 0.25) is 11.8 Å². The molecule has 8 nitrogen and oxygen atoms in total. The third-order valence-electron chi connectivity index (χ3n) is 6.42. The lowest BCUT2D eigenvalue weighted by molar-refractivity contribution is 0.340. The molecule has 0 aliphatic rings. The second kappa shape index (κ2) is 10.5. The summed E-state index contributed by atoms with van der Waals surface area (Å²) in [6.07, 6.45) is 0. The van der Waals surface area contributed by atoms with Gasteiger partial charge in [-0.15, -0.1) is 0 Å². The summed E-state index contributed by atoms with van der Waals surface area (Å²) in [6.45, 7) is 4.77. The van der Waals surface area contributed by atoms with E-state index in [-0.39, 0.29) is 11.8 Å². The van der Waals surface area contributed by atoms with Gasteiger partial charge in [-0.05, 0) is 85.6 Å². The van der Waals surface area contributed by atoms with E-state index in [1.165, 1.54) is 0 Å². The van der Waals surface area contributed by atoms with Crippen molar-refractivity contribution in [1.29, 1.82) is 0 Å². The molecule has 8 heteroatoms. The summed E-state index contributed by atoms with van der Waals surface area (Å²) in [6, 6.07) is 25.5. The van der Waals surface area contributed by atoms with Crippen LogP contribution in [0.1, 0.15) is 13.8 Å². The summed E-state index contributed by atoms with van der Waals surface area (Å²) < 4.78 is 22.0. The summed E-state index contributed by atoms with van der Waals surface area (Å²) >= 11 is 0. The molecule has 0 aliphatic heterocycles. The maximum atomic E-state index is 12.6. The van der Waals surface area contributed by atoms with Crippen LogP contribution >= 0.6 is 0 Å². The van der Waals surface area contributed by atoms with Gasteiger partial charge in [0.15, 0.2) is 0 Å². The molecule has 2 aromatic heterocycles. The highest BCUT2D eigenvalue weighted by Gasteiger charge is 2.12. The van der Waals surface area contributed by atoms with Crippen molar-refractivity contribution >= 4 is 21.8 Å². The molecule has 0 N–H and O–H groups in total. The molecule has 0 saturated heterocycles. The minimum atomic E-state index is -0.468. The average molecular weight is 533 g/mol. The van der Waals surface area contributed by atoms with E-state index < -0.39 is 11.3 Å². The summed E-state index contributed by atoms with van der Waals surface area (Å²) in [5.41, 5.74) is 3.42. The Morgan fingerprint density at radius 3 is 1.30 bits per heavy atom. The fourth-order valence-electron chi connectivity index (χ4n) is 4.47. The van der Waals surface area contributed by atoms with Crippen molar-refractivity contribution in [2.24, 2.45) is 0 Å². The number of rotatable bonds is 7. The van der Waals surface area contributed by atoms with E-state index >= 15 is 0 Å². The molecule has 0 saturated carbocycles. The van der Waals surface area contributed by atoms with Gasteiger partial charge >= 0.3 is 11.3 Å². The first kappa shape index (κ1) is 25.1. The Hall–Kier alpha value is -5.24. The molecule has 0 spiro atoms. The second-order valence-electron chi connectivity index (χ2n) is 8.99. The average Bonchev–Trinajstić information content (AvgIpc) is 2.98. The first-order chi connectivity index (χ1) is 19.5. The van der Waals surface area contributed by atoms with Gasteiger partial charge in [-0.2, -0.15) is 0 Å². The van der Waals surface area contributed by atoms with Gasteiger partial charge in [0.1, 0.15) is 11.5 Å². The highest BCUT2D eigenvalue weighted by atomic mass is 16.5. The van der Waals surface area contributed by atoms with Crippen LogP contribution in [0.4, 0.5) is 0 Å². The van der Waals surface area contributed by atoms with Crippen LogP contribution in [-0.4, -0.2) is 23.2 Å². The van der Waals surface area contributed by atoms with Gasteiger partial charge in [0, 0.05) is 11.1 Å². The van der Waals surface area contributed by atoms with E-state index in [9.17, 15) is 9.59 Å². The van der Waals surface area contributed by atoms with Gasteiger partial charge in [-0.1, -0.05) is 24.3 Å². The van der Waals surface area contributed by atoms with E-state index in [2.05, 4.69) is 9.97 Å². The Morgan fingerprint density at radius 2 is 0.925 bits per heavy atom. The van der Waals surface area contributed by atoms with Gasteiger partial charge in [-0.3, -0.25) is 0 Å². The molecule has 2 heterocycles. The number of aromatic nitrogens is 2. The van der Waals surface area contributed by atoms with Crippen LogP contribution in [0.25, 0.3) is 55.8 Å². The Kier molecular flexibility index (Phi) is 6.57. The van der Waals surface area contributed by atoms with Gasteiger partial charge < -0.3 is 18.3 Å². The third kappa shape index (κ3) is 4.82. The highest BCUT2D eigenvalue weighted by Crippen LogP contribution is 2.28. The van der Waals surface area contributed by atoms with Crippen LogP contribution < -0.4 is 20.7 Å². The number of nitrogens with zero attached hydrogens (tertiary/aromatic N) is 2. The van der Waals surface area contributed by atoms with E-state index in [0.29, 0.717) is 57.6 Å². The van der Waals surface area contributed by atoms with Crippen LogP contribution in [0.3, 0.4) is 0 Å². The molecular weight excluding hydrogens is 508 g/mol. The van der Waals surface area contributed by atoms with Crippen molar-refractivity contribution < 1.29 is 18.3 Å². The summed E-state index contributed by atoms with van der Waals surface area (Å²) in [5, 5.41) is 0.747. The zero-order chi connectivity index (χ0) is 27.6. The smallest absolute Gasteiger partial charge is 0.347 e. The topological polar surface area (TPSA) is 105 Å². The van der Waals surface area contributed by atoms with Crippen LogP contribution in [0.15, 0.2) is 103 Å². The van der Waals surface area contributed by atoms with Crippen LogP contribution in [0.5, 0.6) is 11.5 Å². The highest BCUT2D eigenvalue weighted by molar-refractivity contribution is 5.81. The van der Waals surface area contributed by atoms with Crippen molar-refractivity contribution in [3.63, 3.8) is 0 Å². The van der Waals surface area contributed by atoms with Crippen LogP contribution in [0, 0.1) is 0 Å². The van der Waals surface area contributed by atoms with Gasteiger partial charge in [0.05, 0.1) is 35.0 Å². The SMILES string of the molecule is CCOc1ccc2nc(-c3ccc(-c4ccc(-c5nc6ccc(OCC)cc6c(=O)o5)cc4)cc3)oc(=O)c2c1. The largest absolute Gasteiger partial charge is 0.494 e. The normalized spacial score (nSPS) is 11.2. The lowest BCUT2D eigenvalue weighted by Crippen LogP contribution is -2.04. The van der Waals surface area contributed by atoms with Crippen LogP contribution in [0.2, 0.25) is 0 Å². The van der Waals surface area contributed by atoms with Crippen molar-refractivity contribution in [2.75, 3.05) is 13.2 Å². The van der Waals surface area contributed by atoms with Crippen molar-refractivity contribution in [2.45, 2.75) is 13.8 Å². The van der Waals surface area contributed by atoms with Crippen molar-refractivity contribution in [3.8, 4) is 45.5 Å². The Labute approximate surface area is 228 Å². The van der Waals surface area contributed by atoms with Gasteiger partial charge in [0.25, 0.3) is 0 Å². The molecule has 0 radical (unpaired) electrons. The zero-order valence-corrected chi connectivity index (χ0v) is 21.8. The second-order valence-corrected chi connectivity index (χ2v) is 8.99. The number of benzene rings is 4. The number of hydrogen-bond donors (Lipinski definition) is 0. The quantitative estimate of drug-likeness (QED) is 0.230. The molecule has 0 atom stereocenters. The first-order valence-corrected chi connectivity index (χ1v) is 12.9. The predicted molar refractivity (Wildman–Crippen MR) is 153 cm³/mol. The van der Waals surface area contributed by atoms with E-state index in [0.717, 1.165) is 11.1 Å². The molecule has 4 aromatic carbocycles. The fourth-order valence-corrected chi connectivity index (χ4v) is 4.47. The monoisotopic (exact) mass is 532 g/mol. The van der Waals surface area contributed by atoms with E-state index in [4.69, 9.17) is 18.3 Å². The van der Waals surface area contributed by atoms with E-state index in [1.807, 2.05) is 62.4 Å². The molecule has 0 fully saturated rings. The summed E-state index contributed by atoms with van der Waals surface area (Å²) in [7, 11) is 0. The first-order valence-electron chi connectivity index (χ1n) is 12.9. The maximum absolute atomic E-state index is 12.6. The zero-order valence-electron chi connectivity index (χ0n) is 21.8. The van der Waals surface area contributed by atoms with Gasteiger partial charge in [-0.25, -0.2) is 19.6 Å². The predicted octanol–water partition coefficient (Wildman–Crippen LogP) is 6.49. The Bertz CT molecular complexity index is 1810. The molecule has 0 amide bonds. The summed E-state index contributed by atoms with van der Waals surface area (Å²) in [5.74, 6) is 1.69. The Morgan fingerprint density at radius 1 is 0.550 bits per heavy atom. The number of hydrogen-bond acceptors (Lipinski definition) is 8. The summed E-state index contributed by atoms with van der Waals surface area (Å²) in [4.78, 5) is 34.3. The molecule has 6 aromatic rings. The maximum Gasteiger partial charge on any atom is 0.347 e. The lowest BCUT2D eigenvalue weighted by Gasteiger charge is -2.07. The third-order valence-corrected chi connectivity index (χ3v) is 6.42. The van der Waals surface area contributed by atoms with Crippen LogP contribution in [-0.2, 0) is 0 Å². The molecule has 0 unspecified atom stereocenters. The number of ether oxygens (including phenoxy) is 2. The minimum Gasteiger partial charge on any atom is -0.494 e. The van der Waals surface area contributed by atoms with Crippen molar-refractivity contribution in [3.05, 3.63) is 106 Å². The lowest BCUT2D eigenvalue weighted by atomic mass is 10.0.